The van der Waals surface area contributed by atoms with Gasteiger partial charge < -0.3 is 5.73 Å². The second-order valence-electron chi connectivity index (χ2n) is 8.32. The predicted octanol–water partition coefficient (Wildman–Crippen LogP) is 0.231. The van der Waals surface area contributed by atoms with E-state index in [4.69, 9.17) is 29.5 Å². The van der Waals surface area contributed by atoms with Gasteiger partial charge >= 0.3 is 213 Å². The number of nitrogens with one attached hydrogen (secondary N) is 1. The van der Waals surface area contributed by atoms with Crippen molar-refractivity contribution < 1.29 is 56.2 Å². The summed E-state index contributed by atoms with van der Waals surface area (Å²) in [5, 5.41) is 0. The van der Waals surface area contributed by atoms with Crippen LogP contribution in [0.15, 0.2) is 15.8 Å². The van der Waals surface area contributed by atoms with Gasteiger partial charge in [-0.3, -0.25) is 0 Å². The van der Waals surface area contributed by atoms with Crippen LogP contribution in [0, 0.1) is 6.92 Å². The third-order valence-electron chi connectivity index (χ3n) is 4.62. The van der Waals surface area contributed by atoms with Crippen molar-refractivity contribution in [2.75, 3.05) is 19.1 Å². The number of phosphoric ester groups is 1. The summed E-state index contributed by atoms with van der Waals surface area (Å²) in [4.78, 5) is 72.1. The molecule has 1 aromatic heterocycles. The fourth-order valence-corrected chi connectivity index (χ4v) is 8.40. The number of aryl methyl sites for hydroxylation is 1. The van der Waals surface area contributed by atoms with Crippen molar-refractivity contribution >= 4 is 45.4 Å². The molecular formula is C15H30N3O14P3S2. The first-order valence-electron chi connectivity index (χ1n) is 10.3. The number of nitrogens with two attached hydrogens (primary N) is 1. The Hall–Kier alpha value is -0.170. The van der Waals surface area contributed by atoms with Crippen LogP contribution in [0.5, 0.6) is 0 Å². The molecule has 4 atom stereocenters. The summed E-state index contributed by atoms with van der Waals surface area (Å²) in [6.07, 6.45) is -1.55. The van der Waals surface area contributed by atoms with Crippen LogP contribution >= 0.6 is 45.4 Å². The Kier molecular flexibility index (Phi) is 11.6. The number of phosphoric acid groups is 2. The molecule has 1 saturated heterocycles. The quantitative estimate of drug-likeness (QED) is 0.0625. The summed E-state index contributed by atoms with van der Waals surface area (Å²) >= 11 is 0. The molecule has 1 aliphatic rings. The third-order valence-corrected chi connectivity index (χ3v) is 11.8. The molecular weight excluding hydrogens is 603 g/mol. The van der Waals surface area contributed by atoms with Crippen LogP contribution in [-0.4, -0.2) is 70.1 Å². The third kappa shape index (κ3) is 11.1. The zero-order valence-electron chi connectivity index (χ0n) is 19.8. The van der Waals surface area contributed by atoms with Gasteiger partial charge in [-0.25, -0.2) is 0 Å². The first-order valence-corrected chi connectivity index (χ1v) is 17.4. The summed E-state index contributed by atoms with van der Waals surface area (Å²) in [5.41, 5.74) is 4.57. The first kappa shape index (κ1) is 33.0. The molecule has 1 fully saturated rings. The van der Waals surface area contributed by atoms with Crippen LogP contribution in [0.4, 0.5) is 0 Å². The van der Waals surface area contributed by atoms with E-state index in [0.717, 1.165) is 4.57 Å². The van der Waals surface area contributed by atoms with Crippen LogP contribution in [0.25, 0.3) is 0 Å². The van der Waals surface area contributed by atoms with E-state index in [9.17, 15) is 33.4 Å². The maximum atomic E-state index is 12.3. The fourth-order valence-electron chi connectivity index (χ4n) is 2.85. The van der Waals surface area contributed by atoms with E-state index in [2.05, 4.69) is 13.6 Å². The SMILES string of the molecule is Cc1cn([C@H]2C[C@@H](OCSSC(C)(C)CN)[C@@H](COP(=O)(O)O[PH](O)(O)OP(=O)(O)O)O2)c(=O)[nH]c1=O. The number of ether oxygens (including phenoxy) is 2. The van der Waals surface area contributed by atoms with E-state index in [1.165, 1.54) is 34.7 Å². The molecule has 22 heteroatoms. The van der Waals surface area contributed by atoms with Crippen molar-refractivity contribution in [2.45, 2.75) is 50.4 Å². The van der Waals surface area contributed by atoms with Crippen molar-refractivity contribution in [1.82, 2.24) is 9.55 Å². The van der Waals surface area contributed by atoms with E-state index in [0.29, 0.717) is 6.54 Å². The van der Waals surface area contributed by atoms with Gasteiger partial charge in [0.25, 0.3) is 0 Å². The first-order chi connectivity index (χ1) is 16.8. The molecule has 0 radical (unpaired) electrons. The standard InChI is InChI=1S/C15H30N3O14P3S2/c1-9-5-18(14(20)17-13(9)19)12-4-10(28-8-36-37-15(2,3)7-16)11(30-12)6-29-34(24,25)32-35(26,27)31-33(21,22)23/h5,10-12,26-27,35H,4,6-8,16H2,1-3H3,(H,24,25)(H,17,19,20)(H2,21,22,23)/t10-,11-,12-/m1/s1. The van der Waals surface area contributed by atoms with Gasteiger partial charge in [0.1, 0.15) is 0 Å². The molecule has 2 heterocycles. The molecule has 1 unspecified atom stereocenters. The minimum atomic E-state index is -5.77. The second-order valence-corrected chi connectivity index (χ2v) is 16.0. The van der Waals surface area contributed by atoms with E-state index in [1.807, 2.05) is 13.8 Å². The molecule has 2 rings (SSSR count). The average molecular weight is 633 g/mol. The van der Waals surface area contributed by atoms with Gasteiger partial charge in [-0.1, -0.05) is 0 Å². The Bertz CT molecular complexity index is 1140. The van der Waals surface area contributed by atoms with Gasteiger partial charge in [-0.15, -0.1) is 0 Å². The van der Waals surface area contributed by atoms with Crippen molar-refractivity contribution in [2.24, 2.45) is 5.73 Å². The Labute approximate surface area is 218 Å². The maximum absolute atomic E-state index is 12.3. The van der Waals surface area contributed by atoms with Crippen LogP contribution in [-0.2, 0) is 31.7 Å². The van der Waals surface area contributed by atoms with Gasteiger partial charge in [0.05, 0.1) is 0 Å². The molecule has 37 heavy (non-hydrogen) atoms. The summed E-state index contributed by atoms with van der Waals surface area (Å²) in [6, 6.07) is 0. The van der Waals surface area contributed by atoms with Crippen LogP contribution in [0.3, 0.4) is 0 Å². The van der Waals surface area contributed by atoms with Gasteiger partial charge in [-0.2, -0.15) is 0 Å². The molecule has 1 aliphatic heterocycles. The summed E-state index contributed by atoms with van der Waals surface area (Å²) in [6.45, 7) is 5.01. The fraction of sp³-hybridized carbons (Fsp3) is 0.733. The zero-order chi connectivity index (χ0) is 28.2. The van der Waals surface area contributed by atoms with Gasteiger partial charge in [0.2, 0.25) is 0 Å². The van der Waals surface area contributed by atoms with Gasteiger partial charge in [0, 0.05) is 0 Å². The molecule has 8 N–H and O–H groups in total. The van der Waals surface area contributed by atoms with Crippen LogP contribution in [0.1, 0.15) is 32.1 Å². The van der Waals surface area contributed by atoms with Crippen LogP contribution < -0.4 is 17.0 Å². The van der Waals surface area contributed by atoms with Crippen molar-refractivity contribution in [1.29, 1.82) is 0 Å². The molecule has 0 bridgehead atoms. The number of aromatic nitrogens is 2. The van der Waals surface area contributed by atoms with E-state index in [1.54, 1.807) is 0 Å². The number of rotatable bonds is 14. The molecule has 17 nitrogen and oxygen atoms in total. The molecule has 0 aliphatic carbocycles. The Morgan fingerprint density at radius 3 is 2.51 bits per heavy atom. The van der Waals surface area contributed by atoms with Gasteiger partial charge in [-0.05, 0) is 0 Å². The van der Waals surface area contributed by atoms with Crippen LogP contribution in [0.2, 0.25) is 0 Å². The monoisotopic (exact) mass is 633 g/mol. The average Bonchev–Trinajstić information content (AvgIpc) is 3.12. The molecule has 216 valence electrons. The van der Waals surface area contributed by atoms with Crippen molar-refractivity contribution in [3.63, 3.8) is 0 Å². The number of H-pyrrole nitrogens is 1. The summed E-state index contributed by atoms with van der Waals surface area (Å²) < 4.78 is 47.7. The number of nitrogens with zero attached hydrogens (tertiary/aromatic N) is 1. The molecule has 1 aromatic rings. The second kappa shape index (κ2) is 13.0. The number of aromatic amines is 1. The summed E-state index contributed by atoms with van der Waals surface area (Å²) in [7, 11) is -13.8. The number of hydrogen-bond donors (Lipinski definition) is 7. The Morgan fingerprint density at radius 2 is 1.92 bits per heavy atom. The predicted molar refractivity (Wildman–Crippen MR) is 135 cm³/mol. The normalized spacial score (nSPS) is 23.2. The molecule has 0 aromatic carbocycles. The molecule has 0 spiro atoms. The van der Waals surface area contributed by atoms with Crippen molar-refractivity contribution in [3.8, 4) is 0 Å². The van der Waals surface area contributed by atoms with Crippen molar-refractivity contribution in [3.05, 3.63) is 32.6 Å². The number of hydrogen-bond acceptors (Lipinski definition) is 14. The van der Waals surface area contributed by atoms with E-state index in [-0.39, 0.29) is 22.7 Å². The van der Waals surface area contributed by atoms with Gasteiger partial charge in [0.15, 0.2) is 0 Å². The van der Waals surface area contributed by atoms with E-state index >= 15 is 0 Å². The Balaban J connectivity index is 2.13. The minimum absolute atomic E-state index is 0.0571. The summed E-state index contributed by atoms with van der Waals surface area (Å²) in [5.74, 6) is 0.123. The topological polar surface area (TPSA) is 262 Å². The Morgan fingerprint density at radius 1 is 1.27 bits per heavy atom. The molecule has 0 amide bonds. The zero-order valence-corrected chi connectivity index (χ0v) is 24.2. The van der Waals surface area contributed by atoms with E-state index < -0.39 is 60.1 Å². The molecule has 0 saturated carbocycles.